The summed E-state index contributed by atoms with van der Waals surface area (Å²) in [5.41, 5.74) is 1.54. The summed E-state index contributed by atoms with van der Waals surface area (Å²) < 4.78 is 7.76. The summed E-state index contributed by atoms with van der Waals surface area (Å²) in [5, 5.41) is 9.41. The number of hydrogen-bond acceptors (Lipinski definition) is 6. The lowest BCUT2D eigenvalue weighted by Gasteiger charge is -2.16. The Morgan fingerprint density at radius 3 is 2.66 bits per heavy atom. The molecule has 29 heavy (non-hydrogen) atoms. The zero-order valence-electron chi connectivity index (χ0n) is 16.3. The number of carbonyl (C=O) groups is 1. The minimum Gasteiger partial charge on any atom is -0.492 e. The number of benzene rings is 1. The van der Waals surface area contributed by atoms with Crippen molar-refractivity contribution >= 4 is 17.7 Å². The molecule has 3 heterocycles. The van der Waals surface area contributed by atoms with Crippen LogP contribution in [0.15, 0.2) is 53.8 Å². The summed E-state index contributed by atoms with van der Waals surface area (Å²) in [5.74, 6) is 1.82. The lowest BCUT2D eigenvalue weighted by Crippen LogP contribution is -2.29. The van der Waals surface area contributed by atoms with E-state index >= 15 is 0 Å². The van der Waals surface area contributed by atoms with Crippen LogP contribution in [-0.4, -0.2) is 56.0 Å². The highest BCUT2D eigenvalue weighted by atomic mass is 32.2. The van der Waals surface area contributed by atoms with Crippen molar-refractivity contribution in [3.05, 3.63) is 48.7 Å². The minimum absolute atomic E-state index is 0.138. The number of carbonyl (C=O) groups excluding carboxylic acids is 1. The molecule has 0 bridgehead atoms. The first-order valence-corrected chi connectivity index (χ1v) is 10.8. The van der Waals surface area contributed by atoms with Gasteiger partial charge in [-0.25, -0.2) is 0 Å². The monoisotopic (exact) mass is 409 g/mol. The Hall–Kier alpha value is -2.87. The van der Waals surface area contributed by atoms with Crippen LogP contribution in [0.1, 0.15) is 19.8 Å². The average Bonchev–Trinajstić information content (AvgIpc) is 3.44. The predicted octanol–water partition coefficient (Wildman–Crippen LogP) is 3.44. The molecule has 1 saturated heterocycles. The second-order valence-corrected chi connectivity index (χ2v) is 7.58. The Balaban J connectivity index is 1.70. The van der Waals surface area contributed by atoms with E-state index in [1.807, 2.05) is 58.9 Å². The summed E-state index contributed by atoms with van der Waals surface area (Å²) in [6.07, 6.45) is 3.89. The van der Waals surface area contributed by atoms with Gasteiger partial charge < -0.3 is 9.64 Å². The number of nitrogens with zero attached hydrogens (tertiary/aromatic N) is 5. The van der Waals surface area contributed by atoms with Gasteiger partial charge in [0.25, 0.3) is 0 Å². The van der Waals surface area contributed by atoms with E-state index in [2.05, 4.69) is 15.2 Å². The van der Waals surface area contributed by atoms with E-state index in [0.717, 1.165) is 37.4 Å². The van der Waals surface area contributed by atoms with Gasteiger partial charge in [0.15, 0.2) is 11.0 Å². The van der Waals surface area contributed by atoms with Gasteiger partial charge in [-0.2, -0.15) is 0 Å². The van der Waals surface area contributed by atoms with Crippen molar-refractivity contribution in [3.63, 3.8) is 0 Å². The molecule has 8 heteroatoms. The van der Waals surface area contributed by atoms with Crippen molar-refractivity contribution < 1.29 is 9.53 Å². The molecule has 0 atom stereocenters. The number of amides is 1. The van der Waals surface area contributed by atoms with Crippen LogP contribution < -0.4 is 4.74 Å². The fraction of sp³-hybridized carbons (Fsp3) is 0.333. The van der Waals surface area contributed by atoms with E-state index in [0.29, 0.717) is 29.0 Å². The van der Waals surface area contributed by atoms with Gasteiger partial charge in [0.1, 0.15) is 11.4 Å². The SMILES string of the molecule is CCOc1ccccc1-n1c(SCC(=O)N2CCCC2)nnc1-c1ccccn1. The summed E-state index contributed by atoms with van der Waals surface area (Å²) in [6.45, 7) is 4.19. The van der Waals surface area contributed by atoms with Gasteiger partial charge in [0.2, 0.25) is 5.91 Å². The molecular formula is C21H23N5O2S. The maximum Gasteiger partial charge on any atom is 0.233 e. The number of aromatic nitrogens is 4. The van der Waals surface area contributed by atoms with Gasteiger partial charge in [-0.1, -0.05) is 30.0 Å². The first-order chi connectivity index (χ1) is 14.3. The fourth-order valence-electron chi connectivity index (χ4n) is 3.35. The molecule has 0 saturated carbocycles. The second-order valence-electron chi connectivity index (χ2n) is 6.63. The Kier molecular flexibility index (Phi) is 6.09. The Morgan fingerprint density at radius 2 is 1.90 bits per heavy atom. The van der Waals surface area contributed by atoms with E-state index in [4.69, 9.17) is 4.74 Å². The van der Waals surface area contributed by atoms with Crippen LogP contribution >= 0.6 is 11.8 Å². The molecule has 1 aliphatic heterocycles. The lowest BCUT2D eigenvalue weighted by molar-refractivity contribution is -0.127. The first-order valence-electron chi connectivity index (χ1n) is 9.77. The molecule has 1 aromatic carbocycles. The van der Waals surface area contributed by atoms with Crippen molar-refractivity contribution in [2.45, 2.75) is 24.9 Å². The van der Waals surface area contributed by atoms with Gasteiger partial charge in [-0.05, 0) is 44.0 Å². The van der Waals surface area contributed by atoms with Crippen LogP contribution in [0.5, 0.6) is 5.75 Å². The minimum atomic E-state index is 0.138. The van der Waals surface area contributed by atoms with Crippen LogP contribution in [0.3, 0.4) is 0 Å². The quantitative estimate of drug-likeness (QED) is 0.557. The number of para-hydroxylation sites is 2. The topological polar surface area (TPSA) is 73.1 Å². The molecule has 0 spiro atoms. The third kappa shape index (κ3) is 4.27. The van der Waals surface area contributed by atoms with Crippen molar-refractivity contribution in [3.8, 4) is 23.0 Å². The highest BCUT2D eigenvalue weighted by Crippen LogP contribution is 2.32. The lowest BCUT2D eigenvalue weighted by atomic mass is 10.2. The molecule has 1 amide bonds. The molecule has 1 fully saturated rings. The summed E-state index contributed by atoms with van der Waals surface area (Å²) in [6, 6.07) is 13.4. The molecule has 2 aromatic heterocycles. The highest BCUT2D eigenvalue weighted by Gasteiger charge is 2.22. The molecule has 7 nitrogen and oxygen atoms in total. The third-order valence-electron chi connectivity index (χ3n) is 4.72. The average molecular weight is 410 g/mol. The fourth-order valence-corrected chi connectivity index (χ4v) is 4.19. The van der Waals surface area contributed by atoms with Gasteiger partial charge in [0.05, 0.1) is 18.0 Å². The summed E-state index contributed by atoms with van der Waals surface area (Å²) >= 11 is 1.39. The normalized spacial score (nSPS) is 13.6. The van der Waals surface area contributed by atoms with E-state index in [1.165, 1.54) is 11.8 Å². The number of rotatable bonds is 7. The molecular weight excluding hydrogens is 386 g/mol. The van der Waals surface area contributed by atoms with E-state index < -0.39 is 0 Å². The zero-order chi connectivity index (χ0) is 20.1. The first kappa shape index (κ1) is 19.4. The highest BCUT2D eigenvalue weighted by molar-refractivity contribution is 7.99. The third-order valence-corrected chi connectivity index (χ3v) is 5.63. The zero-order valence-corrected chi connectivity index (χ0v) is 17.1. The Morgan fingerprint density at radius 1 is 1.10 bits per heavy atom. The number of pyridine rings is 1. The molecule has 3 aromatic rings. The van der Waals surface area contributed by atoms with E-state index in [-0.39, 0.29) is 5.91 Å². The molecule has 0 N–H and O–H groups in total. The van der Waals surface area contributed by atoms with Crippen molar-refractivity contribution in [2.24, 2.45) is 0 Å². The van der Waals surface area contributed by atoms with Gasteiger partial charge >= 0.3 is 0 Å². The summed E-state index contributed by atoms with van der Waals surface area (Å²) in [4.78, 5) is 18.9. The molecule has 1 aliphatic rings. The maximum atomic E-state index is 12.5. The standard InChI is InChI=1S/C21H23N5O2S/c1-2-28-18-11-4-3-10-17(18)26-20(16-9-5-6-12-22-16)23-24-21(26)29-15-19(27)25-13-7-8-14-25/h3-6,9-12H,2,7-8,13-15H2,1H3. The summed E-state index contributed by atoms with van der Waals surface area (Å²) in [7, 11) is 0. The molecule has 150 valence electrons. The predicted molar refractivity (Wildman–Crippen MR) is 112 cm³/mol. The molecule has 0 aliphatic carbocycles. The van der Waals surface area contributed by atoms with Crippen molar-refractivity contribution in [1.82, 2.24) is 24.6 Å². The van der Waals surface area contributed by atoms with Crippen molar-refractivity contribution in [1.29, 1.82) is 0 Å². The molecule has 0 unspecified atom stereocenters. The molecule has 0 radical (unpaired) electrons. The maximum absolute atomic E-state index is 12.5. The Bertz CT molecular complexity index is 970. The number of likely N-dealkylation sites (tertiary alicyclic amines) is 1. The van der Waals surface area contributed by atoms with Crippen LogP contribution in [0, 0.1) is 0 Å². The number of thioether (sulfide) groups is 1. The van der Waals surface area contributed by atoms with Gasteiger partial charge in [-0.3, -0.25) is 14.3 Å². The second kappa shape index (κ2) is 9.09. The van der Waals surface area contributed by atoms with Crippen molar-refractivity contribution in [2.75, 3.05) is 25.4 Å². The van der Waals surface area contributed by atoms with Crippen LogP contribution in [0.25, 0.3) is 17.2 Å². The number of hydrogen-bond donors (Lipinski definition) is 0. The van der Waals surface area contributed by atoms with Gasteiger partial charge in [-0.15, -0.1) is 10.2 Å². The smallest absolute Gasteiger partial charge is 0.233 e. The van der Waals surface area contributed by atoms with E-state index in [9.17, 15) is 4.79 Å². The van der Waals surface area contributed by atoms with Crippen LogP contribution in [0.2, 0.25) is 0 Å². The van der Waals surface area contributed by atoms with Crippen LogP contribution in [-0.2, 0) is 4.79 Å². The van der Waals surface area contributed by atoms with E-state index in [1.54, 1.807) is 6.20 Å². The van der Waals surface area contributed by atoms with Gasteiger partial charge in [0, 0.05) is 19.3 Å². The van der Waals surface area contributed by atoms with Crippen LogP contribution in [0.4, 0.5) is 0 Å². The molecule has 4 rings (SSSR count). The number of ether oxygens (including phenoxy) is 1. The largest absolute Gasteiger partial charge is 0.492 e. The Labute approximate surface area is 174 Å².